The van der Waals surface area contributed by atoms with Crippen molar-refractivity contribution in [2.24, 2.45) is 0 Å². The Kier molecular flexibility index (Phi) is 7.23. The van der Waals surface area contributed by atoms with Gasteiger partial charge in [0, 0.05) is 48.4 Å². The van der Waals surface area contributed by atoms with E-state index in [1.54, 1.807) is 0 Å². The van der Waals surface area contributed by atoms with Crippen LogP contribution >= 0.6 is 11.3 Å². The molecule has 0 radical (unpaired) electrons. The lowest BCUT2D eigenvalue weighted by Gasteiger charge is -2.29. The minimum Gasteiger partial charge on any atom is -0.454 e. The fraction of sp³-hybridized carbons (Fsp3) is 0.0370. The zero-order chi connectivity index (χ0) is 38.5. The van der Waals surface area contributed by atoms with Crippen molar-refractivity contribution in [1.82, 2.24) is 0 Å². The highest BCUT2D eigenvalue weighted by Crippen LogP contribution is 2.51. The Morgan fingerprint density at radius 1 is 0.397 bits per heavy atom. The maximum Gasteiger partial charge on any atom is 0.159 e. The van der Waals surface area contributed by atoms with Gasteiger partial charge >= 0.3 is 0 Å². The van der Waals surface area contributed by atoms with E-state index in [-0.39, 0.29) is 0 Å². The van der Waals surface area contributed by atoms with Gasteiger partial charge in [-0.2, -0.15) is 0 Å². The molecule has 10 aromatic carbocycles. The summed E-state index contributed by atoms with van der Waals surface area (Å²) in [7, 11) is 0. The summed E-state index contributed by atoms with van der Waals surface area (Å²) >= 11 is 1.87. The average molecular weight is 761 g/mol. The van der Waals surface area contributed by atoms with Gasteiger partial charge in [-0.05, 0) is 107 Å². The molecule has 0 saturated heterocycles. The highest BCUT2D eigenvalue weighted by molar-refractivity contribution is 7.26. The number of furan rings is 1. The summed E-state index contributed by atoms with van der Waals surface area (Å²) in [5.74, 6) is 0. The maximum absolute atomic E-state index is 6.70. The van der Waals surface area contributed by atoms with Crippen molar-refractivity contribution in [2.75, 3.05) is 9.80 Å². The molecule has 2 heterocycles. The Balaban J connectivity index is 1.14. The molecule has 0 aliphatic heterocycles. The molecule has 0 atom stereocenters. The minimum absolute atomic E-state index is 0.877. The first kappa shape index (κ1) is 33.0. The SMILES string of the molecule is Cc1cccc(N(c2ccc3ccc4c(N(c5cccc(C)c5)c5cccc6c5sc5ccccc56)ccc5ccc2c3c54)c2cccc3c2oc2ccccc23)c1. The molecule has 0 saturated carbocycles. The van der Waals surface area contributed by atoms with Crippen LogP contribution in [0.15, 0.2) is 186 Å². The van der Waals surface area contributed by atoms with Gasteiger partial charge in [0.05, 0.1) is 27.4 Å². The van der Waals surface area contributed by atoms with E-state index in [1.807, 2.05) is 17.4 Å². The fourth-order valence-electron chi connectivity index (χ4n) is 9.33. The number of hydrogen-bond acceptors (Lipinski definition) is 4. The normalized spacial score (nSPS) is 12.0. The summed E-state index contributed by atoms with van der Waals surface area (Å²) in [6.45, 7) is 4.34. The minimum atomic E-state index is 0.877. The Morgan fingerprint density at radius 3 is 1.60 bits per heavy atom. The summed E-state index contributed by atoms with van der Waals surface area (Å²) in [4.78, 5) is 4.88. The molecule has 0 unspecified atom stereocenters. The van der Waals surface area contributed by atoms with Gasteiger partial charge in [-0.3, -0.25) is 0 Å². The molecule has 274 valence electrons. The predicted octanol–water partition coefficient (Wildman–Crippen LogP) is 16.4. The lowest BCUT2D eigenvalue weighted by Crippen LogP contribution is -2.12. The average Bonchev–Trinajstić information content (AvgIpc) is 3.84. The molecular weight excluding hydrogens is 725 g/mol. The summed E-state index contributed by atoms with van der Waals surface area (Å²) in [6, 6.07) is 66.6. The van der Waals surface area contributed by atoms with Gasteiger partial charge in [-0.15, -0.1) is 11.3 Å². The smallest absolute Gasteiger partial charge is 0.159 e. The molecule has 12 aromatic rings. The number of thiophene rings is 1. The number of hydrogen-bond donors (Lipinski definition) is 0. The van der Waals surface area contributed by atoms with Crippen LogP contribution < -0.4 is 9.80 Å². The molecule has 4 heteroatoms. The van der Waals surface area contributed by atoms with Gasteiger partial charge < -0.3 is 14.2 Å². The van der Waals surface area contributed by atoms with Crippen LogP contribution in [0.4, 0.5) is 34.1 Å². The number of fused-ring (bicyclic) bond motifs is 6. The van der Waals surface area contributed by atoms with Gasteiger partial charge in [0.25, 0.3) is 0 Å². The van der Waals surface area contributed by atoms with Gasteiger partial charge in [0.15, 0.2) is 5.58 Å². The second-order valence-electron chi connectivity index (χ2n) is 15.4. The number of aryl methyl sites for hydroxylation is 2. The zero-order valence-corrected chi connectivity index (χ0v) is 32.8. The molecule has 0 spiro atoms. The van der Waals surface area contributed by atoms with Crippen LogP contribution in [-0.4, -0.2) is 0 Å². The van der Waals surface area contributed by atoms with Crippen molar-refractivity contribution < 1.29 is 4.42 Å². The van der Waals surface area contributed by atoms with Crippen molar-refractivity contribution >= 4 is 120 Å². The van der Waals surface area contributed by atoms with Gasteiger partial charge in [0.2, 0.25) is 0 Å². The Hall–Kier alpha value is -7.14. The van der Waals surface area contributed by atoms with Crippen molar-refractivity contribution in [1.29, 1.82) is 0 Å². The molecule has 0 aliphatic carbocycles. The van der Waals surface area contributed by atoms with Crippen molar-refractivity contribution in [3.8, 4) is 0 Å². The molecule has 3 nitrogen and oxygen atoms in total. The van der Waals surface area contributed by atoms with Crippen LogP contribution in [0.5, 0.6) is 0 Å². The lowest BCUT2D eigenvalue weighted by atomic mass is 9.91. The summed E-state index contributed by atoms with van der Waals surface area (Å²) in [6.07, 6.45) is 0. The van der Waals surface area contributed by atoms with E-state index < -0.39 is 0 Å². The van der Waals surface area contributed by atoms with E-state index in [4.69, 9.17) is 4.42 Å². The molecule has 0 N–H and O–H groups in total. The van der Waals surface area contributed by atoms with E-state index in [0.717, 1.165) is 50.4 Å². The molecule has 0 amide bonds. The Morgan fingerprint density at radius 2 is 0.931 bits per heavy atom. The maximum atomic E-state index is 6.70. The number of rotatable bonds is 6. The molecular formula is C54H36N2OS. The lowest BCUT2D eigenvalue weighted by molar-refractivity contribution is 0.669. The zero-order valence-electron chi connectivity index (χ0n) is 32.0. The highest BCUT2D eigenvalue weighted by Gasteiger charge is 2.25. The second kappa shape index (κ2) is 12.7. The summed E-state index contributed by atoms with van der Waals surface area (Å²) < 4.78 is 9.28. The van der Waals surface area contributed by atoms with Crippen LogP contribution in [0.3, 0.4) is 0 Å². The predicted molar refractivity (Wildman–Crippen MR) is 249 cm³/mol. The molecule has 0 bridgehead atoms. The standard InChI is InChI=1S/C54H36N2OS/c1-33-11-7-13-37(31-33)55(47-19-9-17-41-39-15-3-5-21-49(39)57-53(41)47)45-29-25-35-24-28-44-46(30-26-36-23-27-43(45)51(35)52(36)44)56(38-14-8-12-34(2)32-38)48-20-10-18-42-40-16-4-6-22-50(40)58-54(42)48/h3-32H,1-2H3. The quantitative estimate of drug-likeness (QED) is 0.157. The van der Waals surface area contributed by atoms with Crippen molar-refractivity contribution in [2.45, 2.75) is 13.8 Å². The first-order valence-electron chi connectivity index (χ1n) is 19.8. The van der Waals surface area contributed by atoms with Gasteiger partial charge in [-0.1, -0.05) is 121 Å². The highest BCUT2D eigenvalue weighted by atomic mass is 32.1. The second-order valence-corrected chi connectivity index (χ2v) is 16.5. The third kappa shape index (κ3) is 4.92. The molecule has 58 heavy (non-hydrogen) atoms. The van der Waals surface area contributed by atoms with Crippen LogP contribution in [0, 0.1) is 13.8 Å². The number of nitrogens with zero attached hydrogens (tertiary/aromatic N) is 2. The van der Waals surface area contributed by atoms with Crippen molar-refractivity contribution in [3.05, 3.63) is 193 Å². The first-order valence-corrected chi connectivity index (χ1v) is 20.7. The summed E-state index contributed by atoms with van der Waals surface area (Å²) in [5, 5.41) is 12.2. The van der Waals surface area contributed by atoms with E-state index in [9.17, 15) is 0 Å². The molecule has 12 rings (SSSR count). The molecule has 0 fully saturated rings. The van der Waals surface area contributed by atoms with Crippen LogP contribution in [0.1, 0.15) is 11.1 Å². The molecule has 2 aromatic heterocycles. The number of para-hydroxylation sites is 2. The monoisotopic (exact) mass is 760 g/mol. The summed E-state index contributed by atoms with van der Waals surface area (Å²) in [5.41, 5.74) is 10.9. The van der Waals surface area contributed by atoms with Crippen LogP contribution in [-0.2, 0) is 0 Å². The van der Waals surface area contributed by atoms with Gasteiger partial charge in [-0.25, -0.2) is 0 Å². The number of benzene rings is 10. The van der Waals surface area contributed by atoms with Crippen molar-refractivity contribution in [3.63, 3.8) is 0 Å². The Labute approximate surface area is 339 Å². The first-order chi connectivity index (χ1) is 28.6. The van der Waals surface area contributed by atoms with Crippen LogP contribution in [0.25, 0.3) is 74.4 Å². The molecule has 0 aliphatic rings. The van der Waals surface area contributed by atoms with Crippen LogP contribution in [0.2, 0.25) is 0 Å². The van der Waals surface area contributed by atoms with Gasteiger partial charge in [0.1, 0.15) is 5.58 Å². The Bertz CT molecular complexity index is 3340. The van der Waals surface area contributed by atoms with E-state index in [0.29, 0.717) is 0 Å². The largest absolute Gasteiger partial charge is 0.454 e. The third-order valence-electron chi connectivity index (χ3n) is 11.9. The van der Waals surface area contributed by atoms with E-state index in [2.05, 4.69) is 200 Å². The number of anilines is 6. The third-order valence-corrected chi connectivity index (χ3v) is 13.1. The topological polar surface area (TPSA) is 19.6 Å². The van der Waals surface area contributed by atoms with E-state index in [1.165, 1.54) is 69.3 Å². The fourth-order valence-corrected chi connectivity index (χ4v) is 10.5. The van der Waals surface area contributed by atoms with E-state index >= 15 is 0 Å².